The Balaban J connectivity index is 1.70. The van der Waals surface area contributed by atoms with Crippen molar-refractivity contribution in [2.45, 2.75) is 38.6 Å². The fraction of sp³-hybridized carbons (Fsp3) is 0.556. The summed E-state index contributed by atoms with van der Waals surface area (Å²) in [6, 6.07) is 3.90. The first-order valence-corrected chi connectivity index (χ1v) is 9.38. The van der Waals surface area contributed by atoms with Crippen LogP contribution in [-0.4, -0.2) is 57.7 Å². The molecule has 2 aromatic heterocycles. The number of likely N-dealkylation sites (tertiary alicyclic amines) is 1. The van der Waals surface area contributed by atoms with E-state index in [1.807, 2.05) is 30.0 Å². The zero-order chi connectivity index (χ0) is 18.8. The Bertz CT molecular complexity index is 832. The highest BCUT2D eigenvalue weighted by Gasteiger charge is 2.28. The standard InChI is InChI=1S/C18H26N6OS/c1-12(2)24-16(20-21-18(24)26)13-6-9-23(10-7-13)17(25)14-5-8-19-15(11-14)22(3)4/h5,8,11-13H,6-7,9-10H2,1-4H3,(H,21,26). The number of aromatic nitrogens is 4. The van der Waals surface area contributed by atoms with Crippen LogP contribution >= 0.6 is 12.2 Å². The molecule has 0 aliphatic carbocycles. The van der Waals surface area contributed by atoms with Crippen molar-refractivity contribution in [2.24, 2.45) is 0 Å². The summed E-state index contributed by atoms with van der Waals surface area (Å²) < 4.78 is 2.76. The van der Waals surface area contributed by atoms with Crippen molar-refractivity contribution in [3.63, 3.8) is 0 Å². The van der Waals surface area contributed by atoms with E-state index < -0.39 is 0 Å². The maximum Gasteiger partial charge on any atom is 0.254 e. The van der Waals surface area contributed by atoms with Crippen molar-refractivity contribution in [1.82, 2.24) is 24.6 Å². The second-order valence-electron chi connectivity index (χ2n) is 7.21. The van der Waals surface area contributed by atoms with E-state index in [4.69, 9.17) is 12.2 Å². The predicted molar refractivity (Wildman–Crippen MR) is 104 cm³/mol. The van der Waals surface area contributed by atoms with Crippen LogP contribution in [0.1, 0.15) is 54.8 Å². The molecule has 1 N–H and O–H groups in total. The van der Waals surface area contributed by atoms with E-state index in [0.717, 1.165) is 37.6 Å². The van der Waals surface area contributed by atoms with Gasteiger partial charge in [0.15, 0.2) is 4.77 Å². The summed E-state index contributed by atoms with van der Waals surface area (Å²) in [6.07, 6.45) is 3.48. The molecular weight excluding hydrogens is 348 g/mol. The molecule has 26 heavy (non-hydrogen) atoms. The third kappa shape index (κ3) is 3.65. The van der Waals surface area contributed by atoms with E-state index in [-0.39, 0.29) is 11.9 Å². The van der Waals surface area contributed by atoms with Crippen molar-refractivity contribution in [3.8, 4) is 0 Å². The number of piperidine rings is 1. The van der Waals surface area contributed by atoms with Crippen LogP contribution in [-0.2, 0) is 0 Å². The topological polar surface area (TPSA) is 70.1 Å². The molecule has 1 aliphatic rings. The molecule has 0 saturated carbocycles. The van der Waals surface area contributed by atoms with Crippen LogP contribution in [0.2, 0.25) is 0 Å². The van der Waals surface area contributed by atoms with Gasteiger partial charge in [0.25, 0.3) is 5.91 Å². The number of nitrogens with zero attached hydrogens (tertiary/aromatic N) is 5. The summed E-state index contributed by atoms with van der Waals surface area (Å²) in [6.45, 7) is 5.67. The normalized spacial score (nSPS) is 15.5. The van der Waals surface area contributed by atoms with Gasteiger partial charge in [-0.05, 0) is 51.0 Å². The van der Waals surface area contributed by atoms with Crippen LogP contribution in [0, 0.1) is 4.77 Å². The molecule has 0 radical (unpaired) electrons. The SMILES string of the molecule is CC(C)n1c(C2CCN(C(=O)c3ccnc(N(C)C)c3)CC2)n[nH]c1=S. The fourth-order valence-corrected chi connectivity index (χ4v) is 3.77. The van der Waals surface area contributed by atoms with Crippen molar-refractivity contribution in [1.29, 1.82) is 0 Å². The first-order valence-electron chi connectivity index (χ1n) is 8.98. The number of hydrogen-bond acceptors (Lipinski definition) is 5. The van der Waals surface area contributed by atoms with Crippen LogP contribution < -0.4 is 4.90 Å². The molecule has 1 aliphatic heterocycles. The third-order valence-electron chi connectivity index (χ3n) is 4.85. The Morgan fingerprint density at radius 2 is 2.04 bits per heavy atom. The predicted octanol–water partition coefficient (Wildman–Crippen LogP) is 3.00. The smallest absolute Gasteiger partial charge is 0.254 e. The van der Waals surface area contributed by atoms with Gasteiger partial charge in [-0.2, -0.15) is 5.10 Å². The minimum atomic E-state index is 0.0664. The molecule has 0 unspecified atom stereocenters. The highest BCUT2D eigenvalue weighted by molar-refractivity contribution is 7.71. The lowest BCUT2D eigenvalue weighted by molar-refractivity contribution is 0.0710. The summed E-state index contributed by atoms with van der Waals surface area (Å²) in [4.78, 5) is 20.9. The van der Waals surface area contributed by atoms with Gasteiger partial charge < -0.3 is 14.4 Å². The zero-order valence-electron chi connectivity index (χ0n) is 15.8. The van der Waals surface area contributed by atoms with Crippen molar-refractivity contribution in [2.75, 3.05) is 32.1 Å². The van der Waals surface area contributed by atoms with E-state index in [0.29, 0.717) is 16.3 Å². The lowest BCUT2D eigenvalue weighted by atomic mass is 9.95. The van der Waals surface area contributed by atoms with E-state index >= 15 is 0 Å². The number of H-pyrrole nitrogens is 1. The maximum absolute atomic E-state index is 12.8. The summed E-state index contributed by atoms with van der Waals surface area (Å²) in [5, 5.41) is 7.36. The number of rotatable bonds is 4. The molecule has 140 valence electrons. The second kappa shape index (κ2) is 7.57. The van der Waals surface area contributed by atoms with Gasteiger partial charge in [0.2, 0.25) is 0 Å². The molecule has 3 rings (SSSR count). The minimum absolute atomic E-state index is 0.0664. The minimum Gasteiger partial charge on any atom is -0.363 e. The Labute approximate surface area is 159 Å². The molecule has 1 amide bonds. The van der Waals surface area contributed by atoms with Gasteiger partial charge in [0.1, 0.15) is 11.6 Å². The summed E-state index contributed by atoms with van der Waals surface area (Å²) in [5.74, 6) is 2.19. The largest absolute Gasteiger partial charge is 0.363 e. The van der Waals surface area contributed by atoms with Crippen molar-refractivity contribution in [3.05, 3.63) is 34.5 Å². The molecule has 2 aromatic rings. The van der Waals surface area contributed by atoms with Crippen LogP contribution in [0.15, 0.2) is 18.3 Å². The van der Waals surface area contributed by atoms with E-state index in [2.05, 4.69) is 33.6 Å². The lowest BCUT2D eigenvalue weighted by Crippen LogP contribution is -2.38. The number of hydrogen-bond donors (Lipinski definition) is 1. The highest BCUT2D eigenvalue weighted by Crippen LogP contribution is 2.29. The average molecular weight is 375 g/mol. The molecular formula is C18H26N6OS. The Kier molecular flexibility index (Phi) is 5.41. The van der Waals surface area contributed by atoms with Gasteiger partial charge in [-0.3, -0.25) is 9.89 Å². The first kappa shape index (κ1) is 18.6. The van der Waals surface area contributed by atoms with E-state index in [1.54, 1.807) is 12.3 Å². The number of carbonyl (C=O) groups is 1. The number of aromatic amines is 1. The molecule has 1 saturated heterocycles. The molecule has 8 heteroatoms. The highest BCUT2D eigenvalue weighted by atomic mass is 32.1. The molecule has 3 heterocycles. The number of carbonyl (C=O) groups excluding carboxylic acids is 1. The maximum atomic E-state index is 12.8. The molecule has 7 nitrogen and oxygen atoms in total. The van der Waals surface area contributed by atoms with Gasteiger partial charge in [-0.25, -0.2) is 4.98 Å². The summed E-state index contributed by atoms with van der Waals surface area (Å²) in [7, 11) is 3.84. The average Bonchev–Trinajstić information content (AvgIpc) is 3.03. The van der Waals surface area contributed by atoms with Gasteiger partial charge >= 0.3 is 0 Å². The molecule has 0 aromatic carbocycles. The quantitative estimate of drug-likeness (QED) is 0.833. The van der Waals surface area contributed by atoms with Gasteiger partial charge in [-0.15, -0.1) is 0 Å². The fourth-order valence-electron chi connectivity index (χ4n) is 3.42. The number of amides is 1. The number of pyridine rings is 1. The van der Waals surface area contributed by atoms with Crippen LogP contribution in [0.5, 0.6) is 0 Å². The summed E-state index contributed by atoms with van der Waals surface area (Å²) in [5.41, 5.74) is 0.687. The van der Waals surface area contributed by atoms with Gasteiger partial charge in [-0.1, -0.05) is 0 Å². The van der Waals surface area contributed by atoms with Crippen LogP contribution in [0.25, 0.3) is 0 Å². The van der Waals surface area contributed by atoms with E-state index in [1.165, 1.54) is 0 Å². The Hall–Kier alpha value is -2.22. The molecule has 0 atom stereocenters. The van der Waals surface area contributed by atoms with Gasteiger partial charge in [0.05, 0.1) is 0 Å². The molecule has 0 bridgehead atoms. The zero-order valence-corrected chi connectivity index (χ0v) is 16.6. The van der Waals surface area contributed by atoms with Crippen LogP contribution in [0.3, 0.4) is 0 Å². The summed E-state index contributed by atoms with van der Waals surface area (Å²) >= 11 is 5.35. The van der Waals surface area contributed by atoms with Crippen LogP contribution in [0.4, 0.5) is 5.82 Å². The molecule has 0 spiro atoms. The monoisotopic (exact) mass is 374 g/mol. The van der Waals surface area contributed by atoms with E-state index in [9.17, 15) is 4.79 Å². The number of anilines is 1. The second-order valence-corrected chi connectivity index (χ2v) is 7.60. The van der Waals surface area contributed by atoms with Crippen molar-refractivity contribution < 1.29 is 4.79 Å². The first-order chi connectivity index (χ1) is 12.4. The van der Waals surface area contributed by atoms with Gasteiger partial charge in [0, 0.05) is 50.9 Å². The Morgan fingerprint density at radius 1 is 1.35 bits per heavy atom. The van der Waals surface area contributed by atoms with Crippen molar-refractivity contribution >= 4 is 23.9 Å². The lowest BCUT2D eigenvalue weighted by Gasteiger charge is -2.32. The number of nitrogens with one attached hydrogen (secondary N) is 1. The molecule has 1 fully saturated rings. The third-order valence-corrected chi connectivity index (χ3v) is 5.13. The Morgan fingerprint density at radius 3 is 2.65 bits per heavy atom.